The number of fused-ring (bicyclic) bond motifs is 1. The van der Waals surface area contributed by atoms with Gasteiger partial charge in [0.05, 0.1) is 0 Å². The number of benzene rings is 2. The lowest BCUT2D eigenvalue weighted by Crippen LogP contribution is -2.60. The van der Waals surface area contributed by atoms with Gasteiger partial charge < -0.3 is 15.5 Å². The summed E-state index contributed by atoms with van der Waals surface area (Å²) in [6.45, 7) is 3.66. The number of likely N-dealkylation sites (tertiary alicyclic amines) is 1. The summed E-state index contributed by atoms with van der Waals surface area (Å²) in [6, 6.07) is 19.0. The number of nitrogens with one attached hydrogen (secondary N) is 2. The molecule has 4 rings (SSSR count). The molecule has 2 amide bonds. The highest BCUT2D eigenvalue weighted by Gasteiger charge is 2.47. The second-order valence-corrected chi connectivity index (χ2v) is 9.74. The third-order valence-corrected chi connectivity index (χ3v) is 7.44. The fraction of sp³-hybridized carbons (Fsp3) is 0.481. The van der Waals surface area contributed by atoms with Crippen molar-refractivity contribution in [3.8, 4) is 0 Å². The Morgan fingerprint density at radius 3 is 2.55 bits per heavy atom. The highest BCUT2D eigenvalue weighted by Crippen LogP contribution is 2.45. The molecule has 176 valence electrons. The van der Waals surface area contributed by atoms with Crippen LogP contribution in [0.25, 0.3) is 0 Å². The smallest absolute Gasteiger partial charge is 0.223 e. The van der Waals surface area contributed by atoms with Crippen molar-refractivity contribution in [3.63, 3.8) is 0 Å². The van der Waals surface area contributed by atoms with Gasteiger partial charge in [0, 0.05) is 56.0 Å². The van der Waals surface area contributed by atoms with Crippen molar-refractivity contribution in [1.82, 2.24) is 15.5 Å². The van der Waals surface area contributed by atoms with E-state index in [0.717, 1.165) is 43.8 Å². The summed E-state index contributed by atoms with van der Waals surface area (Å²) in [5.41, 5.74) is 2.46. The molecule has 0 bridgehead atoms. The van der Waals surface area contributed by atoms with Crippen LogP contribution in [0.3, 0.4) is 0 Å². The Labute approximate surface area is 201 Å². The van der Waals surface area contributed by atoms with Gasteiger partial charge in [-0.2, -0.15) is 0 Å². The van der Waals surface area contributed by atoms with E-state index in [9.17, 15) is 9.59 Å². The van der Waals surface area contributed by atoms with Gasteiger partial charge in [0.2, 0.25) is 11.8 Å². The minimum absolute atomic E-state index is 0.00675. The summed E-state index contributed by atoms with van der Waals surface area (Å²) < 4.78 is 0. The summed E-state index contributed by atoms with van der Waals surface area (Å²) in [6.07, 6.45) is 4.64. The average Bonchev–Trinajstić information content (AvgIpc) is 2.82. The Balaban J connectivity index is 1.55. The number of halogens is 1. The van der Waals surface area contributed by atoms with Gasteiger partial charge in [-0.15, -0.1) is 0 Å². The molecule has 0 spiro atoms. The molecule has 2 N–H and O–H groups in total. The normalized spacial score (nSPS) is 24.9. The molecule has 1 heterocycles. The Hall–Kier alpha value is -2.37. The summed E-state index contributed by atoms with van der Waals surface area (Å²) in [4.78, 5) is 26.8. The van der Waals surface area contributed by atoms with Crippen LogP contribution in [0.4, 0.5) is 0 Å². The van der Waals surface area contributed by atoms with Crippen molar-refractivity contribution in [2.24, 2.45) is 5.92 Å². The summed E-state index contributed by atoms with van der Waals surface area (Å²) >= 11 is 6.16. The molecule has 1 aliphatic carbocycles. The maximum Gasteiger partial charge on any atom is 0.223 e. The van der Waals surface area contributed by atoms with E-state index in [0.29, 0.717) is 24.9 Å². The quantitative estimate of drug-likeness (QED) is 0.573. The number of carbonyl (C=O) groups excluding carboxylic acids is 2. The van der Waals surface area contributed by atoms with Gasteiger partial charge in [0.15, 0.2) is 0 Å². The molecule has 4 atom stereocenters. The topological polar surface area (TPSA) is 61.4 Å². The molecule has 2 aromatic carbocycles. The van der Waals surface area contributed by atoms with Crippen LogP contribution < -0.4 is 10.6 Å². The fourth-order valence-corrected chi connectivity index (χ4v) is 5.83. The number of rotatable bonds is 8. The van der Waals surface area contributed by atoms with Gasteiger partial charge in [0.1, 0.15) is 0 Å². The van der Waals surface area contributed by atoms with Crippen LogP contribution in [-0.2, 0) is 16.0 Å². The first-order valence-corrected chi connectivity index (χ1v) is 12.5. The van der Waals surface area contributed by atoms with E-state index in [1.807, 2.05) is 18.2 Å². The largest absolute Gasteiger partial charge is 0.355 e. The van der Waals surface area contributed by atoms with Crippen molar-refractivity contribution in [3.05, 3.63) is 70.7 Å². The number of hydrogen-bond donors (Lipinski definition) is 2. The third-order valence-electron chi connectivity index (χ3n) is 7.19. The number of carbonyl (C=O) groups is 2. The standard InChI is InChI=1S/C27H34ClN3O2/c1-19(32)29-15-16-30-24-8-5-9-25-27(24)23(21-10-12-22(28)13-11-21)18-26(33)31(25)17-14-20-6-3-2-4-7-20/h2-4,6-7,10-13,23-25,27,30H,5,8-9,14-18H2,1H3,(H,29,32)/t23-,24+,25-,27+/m1/s1. The monoisotopic (exact) mass is 467 g/mol. The van der Waals surface area contributed by atoms with Crippen molar-refractivity contribution in [2.45, 2.75) is 57.0 Å². The molecule has 0 radical (unpaired) electrons. The van der Waals surface area contributed by atoms with Crippen LogP contribution in [0, 0.1) is 5.92 Å². The van der Waals surface area contributed by atoms with Crippen molar-refractivity contribution >= 4 is 23.4 Å². The summed E-state index contributed by atoms with van der Waals surface area (Å²) in [7, 11) is 0. The maximum atomic E-state index is 13.4. The van der Waals surface area contributed by atoms with Gasteiger partial charge in [-0.05, 0) is 54.9 Å². The van der Waals surface area contributed by atoms with Crippen LogP contribution in [0.1, 0.15) is 49.7 Å². The second-order valence-electron chi connectivity index (χ2n) is 9.30. The minimum Gasteiger partial charge on any atom is -0.355 e. The van der Waals surface area contributed by atoms with Crippen molar-refractivity contribution < 1.29 is 9.59 Å². The average molecular weight is 468 g/mol. The third kappa shape index (κ3) is 5.96. The van der Waals surface area contributed by atoms with E-state index >= 15 is 0 Å². The number of hydrogen-bond acceptors (Lipinski definition) is 3. The van der Waals surface area contributed by atoms with Crippen LogP contribution in [0.2, 0.25) is 5.02 Å². The second kappa shape index (κ2) is 11.2. The van der Waals surface area contributed by atoms with Gasteiger partial charge in [-0.3, -0.25) is 9.59 Å². The van der Waals surface area contributed by atoms with Gasteiger partial charge in [-0.1, -0.05) is 54.1 Å². The minimum atomic E-state index is -0.00675. The first-order chi connectivity index (χ1) is 16.0. The van der Waals surface area contributed by atoms with E-state index in [1.54, 1.807) is 6.92 Å². The van der Waals surface area contributed by atoms with E-state index < -0.39 is 0 Å². The summed E-state index contributed by atoms with van der Waals surface area (Å²) in [5, 5.41) is 7.32. The molecule has 33 heavy (non-hydrogen) atoms. The highest BCUT2D eigenvalue weighted by atomic mass is 35.5. The zero-order valence-electron chi connectivity index (χ0n) is 19.3. The lowest BCUT2D eigenvalue weighted by atomic mass is 9.66. The number of nitrogens with zero attached hydrogens (tertiary/aromatic N) is 1. The van der Waals surface area contributed by atoms with Crippen molar-refractivity contribution in [2.75, 3.05) is 19.6 Å². The van der Waals surface area contributed by atoms with Crippen molar-refractivity contribution in [1.29, 1.82) is 0 Å². The lowest BCUT2D eigenvalue weighted by molar-refractivity contribution is -0.142. The lowest BCUT2D eigenvalue weighted by Gasteiger charge is -2.51. The van der Waals surface area contributed by atoms with Gasteiger partial charge in [-0.25, -0.2) is 0 Å². The van der Waals surface area contributed by atoms with Crippen LogP contribution in [0.15, 0.2) is 54.6 Å². The molecule has 2 aliphatic rings. The van der Waals surface area contributed by atoms with E-state index in [2.05, 4.69) is 51.9 Å². The Morgan fingerprint density at radius 2 is 1.82 bits per heavy atom. The van der Waals surface area contributed by atoms with Gasteiger partial charge in [0.25, 0.3) is 0 Å². The first-order valence-electron chi connectivity index (χ1n) is 12.1. The highest BCUT2D eigenvalue weighted by molar-refractivity contribution is 6.30. The molecule has 1 saturated carbocycles. The Kier molecular flexibility index (Phi) is 8.05. The van der Waals surface area contributed by atoms with E-state index in [4.69, 9.17) is 11.6 Å². The van der Waals surface area contributed by atoms with Crippen LogP contribution >= 0.6 is 11.6 Å². The van der Waals surface area contributed by atoms with Crippen LogP contribution in [-0.4, -0.2) is 48.4 Å². The molecule has 2 aromatic rings. The maximum absolute atomic E-state index is 13.4. The molecule has 2 fully saturated rings. The zero-order chi connectivity index (χ0) is 23.2. The molecular formula is C27H34ClN3O2. The predicted molar refractivity (Wildman–Crippen MR) is 132 cm³/mol. The molecular weight excluding hydrogens is 434 g/mol. The Morgan fingerprint density at radius 1 is 1.06 bits per heavy atom. The van der Waals surface area contributed by atoms with E-state index in [1.165, 1.54) is 11.1 Å². The number of piperidine rings is 1. The fourth-order valence-electron chi connectivity index (χ4n) is 5.71. The number of amides is 2. The molecule has 6 heteroatoms. The molecule has 0 aromatic heterocycles. The molecule has 0 unspecified atom stereocenters. The molecule has 5 nitrogen and oxygen atoms in total. The summed E-state index contributed by atoms with van der Waals surface area (Å²) in [5.74, 6) is 0.760. The SMILES string of the molecule is CC(=O)NCCN[C@H]1CCC[C@@H]2[C@H]1[C@@H](c1ccc(Cl)cc1)CC(=O)N2CCc1ccccc1. The van der Waals surface area contributed by atoms with Crippen LogP contribution in [0.5, 0.6) is 0 Å². The first kappa shape index (κ1) is 23.8. The molecule has 1 saturated heterocycles. The molecule has 1 aliphatic heterocycles. The zero-order valence-corrected chi connectivity index (χ0v) is 20.1. The van der Waals surface area contributed by atoms with E-state index in [-0.39, 0.29) is 23.8 Å². The predicted octanol–water partition coefficient (Wildman–Crippen LogP) is 4.16. The Bertz CT molecular complexity index is 934. The van der Waals surface area contributed by atoms with Gasteiger partial charge >= 0.3 is 0 Å².